The molecule has 0 saturated carbocycles. The average Bonchev–Trinajstić information content (AvgIpc) is 2.55. The van der Waals surface area contributed by atoms with Gasteiger partial charge < -0.3 is 15.2 Å². The number of aliphatic hydroxyl groups is 1. The Morgan fingerprint density at radius 2 is 2.00 bits per heavy atom. The van der Waals surface area contributed by atoms with Gasteiger partial charge in [-0.2, -0.15) is 0 Å². The molecule has 138 valence electrons. The monoisotopic (exact) mass is 346 g/mol. The zero-order valence-corrected chi connectivity index (χ0v) is 15.4. The van der Waals surface area contributed by atoms with E-state index < -0.39 is 5.60 Å². The van der Waals surface area contributed by atoms with E-state index in [-0.39, 0.29) is 11.5 Å². The normalized spacial score (nSPS) is 26.5. The molecule has 2 aliphatic rings. The van der Waals surface area contributed by atoms with Crippen LogP contribution < -0.4 is 5.32 Å². The summed E-state index contributed by atoms with van der Waals surface area (Å²) in [4.78, 5) is 14.4. The van der Waals surface area contributed by atoms with Crippen molar-refractivity contribution >= 4 is 5.91 Å². The number of amides is 1. The van der Waals surface area contributed by atoms with Crippen LogP contribution in [0.3, 0.4) is 0 Å². The summed E-state index contributed by atoms with van der Waals surface area (Å²) in [5, 5.41) is 13.4. The van der Waals surface area contributed by atoms with Crippen LogP contribution in [0.25, 0.3) is 0 Å². The van der Waals surface area contributed by atoms with Crippen LogP contribution >= 0.6 is 0 Å². The Kier molecular flexibility index (Phi) is 5.46. The maximum Gasteiger partial charge on any atom is 0.234 e. The maximum atomic E-state index is 12.2. The van der Waals surface area contributed by atoms with Gasteiger partial charge in [-0.05, 0) is 44.2 Å². The second kappa shape index (κ2) is 7.44. The van der Waals surface area contributed by atoms with Gasteiger partial charge in [-0.15, -0.1) is 0 Å². The lowest BCUT2D eigenvalue weighted by molar-refractivity contribution is -0.173. The predicted molar refractivity (Wildman–Crippen MR) is 97.2 cm³/mol. The van der Waals surface area contributed by atoms with Crippen LogP contribution in [0.5, 0.6) is 0 Å². The summed E-state index contributed by atoms with van der Waals surface area (Å²) in [5.74, 6) is 0.0655. The standard InChI is InChI=1S/C20H30N2O3/c1-16-5-3-4-6-17(16)13-21-18(23)14-22-10-7-20(8-11-22)15-19(2,24)9-12-25-20/h3-6,24H,7-15H2,1-2H3,(H,21,23). The lowest BCUT2D eigenvalue weighted by Gasteiger charge is -2.48. The number of hydrogen-bond donors (Lipinski definition) is 2. The minimum atomic E-state index is -0.620. The molecule has 0 radical (unpaired) electrons. The van der Waals surface area contributed by atoms with Crippen LogP contribution in [0.1, 0.15) is 43.7 Å². The van der Waals surface area contributed by atoms with Crippen molar-refractivity contribution < 1.29 is 14.6 Å². The quantitative estimate of drug-likeness (QED) is 0.875. The van der Waals surface area contributed by atoms with Crippen molar-refractivity contribution in [3.8, 4) is 0 Å². The molecule has 1 amide bonds. The summed E-state index contributed by atoms with van der Waals surface area (Å²) in [6, 6.07) is 8.11. The minimum Gasteiger partial charge on any atom is -0.390 e. The smallest absolute Gasteiger partial charge is 0.234 e. The Bertz CT molecular complexity index is 607. The molecule has 3 rings (SSSR count). The van der Waals surface area contributed by atoms with Crippen LogP contribution in [0, 0.1) is 6.92 Å². The number of ether oxygens (including phenoxy) is 1. The summed E-state index contributed by atoms with van der Waals surface area (Å²) >= 11 is 0. The van der Waals surface area contributed by atoms with Crippen LogP contribution in [0.15, 0.2) is 24.3 Å². The van der Waals surface area contributed by atoms with E-state index in [9.17, 15) is 9.90 Å². The molecule has 2 N–H and O–H groups in total. The van der Waals surface area contributed by atoms with E-state index in [1.807, 2.05) is 25.1 Å². The molecule has 1 spiro atoms. The SMILES string of the molecule is Cc1ccccc1CNC(=O)CN1CCC2(CC1)CC(C)(O)CCO2. The summed E-state index contributed by atoms with van der Waals surface area (Å²) in [6.45, 7) is 7.28. The number of likely N-dealkylation sites (tertiary alicyclic amines) is 1. The second-order valence-electron chi connectivity index (χ2n) is 7.93. The van der Waals surface area contributed by atoms with Gasteiger partial charge in [0, 0.05) is 26.1 Å². The van der Waals surface area contributed by atoms with Crippen molar-refractivity contribution in [2.45, 2.75) is 57.3 Å². The van der Waals surface area contributed by atoms with Gasteiger partial charge in [-0.1, -0.05) is 24.3 Å². The molecular weight excluding hydrogens is 316 g/mol. The Morgan fingerprint density at radius 3 is 2.68 bits per heavy atom. The molecule has 1 aromatic rings. The van der Waals surface area contributed by atoms with Gasteiger partial charge in [0.05, 0.1) is 24.4 Å². The molecule has 2 heterocycles. The van der Waals surface area contributed by atoms with Gasteiger partial charge in [-0.25, -0.2) is 0 Å². The maximum absolute atomic E-state index is 12.2. The molecule has 0 aliphatic carbocycles. The summed E-state index contributed by atoms with van der Waals surface area (Å²) in [5.41, 5.74) is 1.54. The van der Waals surface area contributed by atoms with Gasteiger partial charge in [-0.3, -0.25) is 9.69 Å². The first-order chi connectivity index (χ1) is 11.9. The second-order valence-corrected chi connectivity index (χ2v) is 7.93. The number of nitrogens with zero attached hydrogens (tertiary/aromatic N) is 1. The molecule has 2 aliphatic heterocycles. The molecule has 2 saturated heterocycles. The fraction of sp³-hybridized carbons (Fsp3) is 0.650. The third kappa shape index (κ3) is 4.81. The highest BCUT2D eigenvalue weighted by atomic mass is 16.5. The number of hydrogen-bond acceptors (Lipinski definition) is 4. The molecule has 25 heavy (non-hydrogen) atoms. The highest BCUT2D eigenvalue weighted by molar-refractivity contribution is 5.78. The van der Waals surface area contributed by atoms with E-state index in [1.165, 1.54) is 5.56 Å². The topological polar surface area (TPSA) is 61.8 Å². The van der Waals surface area contributed by atoms with Crippen molar-refractivity contribution in [1.82, 2.24) is 10.2 Å². The van der Waals surface area contributed by atoms with E-state index in [2.05, 4.69) is 23.2 Å². The number of rotatable bonds is 4. The zero-order valence-electron chi connectivity index (χ0n) is 15.4. The highest BCUT2D eigenvalue weighted by Gasteiger charge is 2.44. The molecule has 5 nitrogen and oxygen atoms in total. The summed E-state index contributed by atoms with van der Waals surface area (Å²) in [7, 11) is 0. The van der Waals surface area contributed by atoms with E-state index in [0.29, 0.717) is 32.5 Å². The highest BCUT2D eigenvalue weighted by Crippen LogP contribution is 2.39. The van der Waals surface area contributed by atoms with Crippen molar-refractivity contribution in [2.75, 3.05) is 26.2 Å². The number of carbonyl (C=O) groups excluding carboxylic acids is 1. The molecule has 5 heteroatoms. The van der Waals surface area contributed by atoms with E-state index in [1.54, 1.807) is 0 Å². The first kappa shape index (κ1) is 18.4. The summed E-state index contributed by atoms with van der Waals surface area (Å²) < 4.78 is 6.03. The Labute approximate surface area is 150 Å². The zero-order chi connectivity index (χ0) is 17.9. The van der Waals surface area contributed by atoms with E-state index >= 15 is 0 Å². The van der Waals surface area contributed by atoms with Gasteiger partial charge in [0.15, 0.2) is 0 Å². The average molecular weight is 346 g/mol. The van der Waals surface area contributed by atoms with Gasteiger partial charge in [0.25, 0.3) is 0 Å². The number of carbonyl (C=O) groups is 1. The molecule has 0 bridgehead atoms. The molecule has 2 fully saturated rings. The molecule has 1 unspecified atom stereocenters. The number of piperidine rings is 1. The Hall–Kier alpha value is -1.43. The van der Waals surface area contributed by atoms with Gasteiger partial charge in [0.2, 0.25) is 5.91 Å². The molecule has 1 aromatic carbocycles. The van der Waals surface area contributed by atoms with Crippen LogP contribution in [0.4, 0.5) is 0 Å². The lowest BCUT2D eigenvalue weighted by Crippen LogP contribution is -2.54. The van der Waals surface area contributed by atoms with Gasteiger partial charge in [0.1, 0.15) is 0 Å². The first-order valence-corrected chi connectivity index (χ1v) is 9.27. The first-order valence-electron chi connectivity index (χ1n) is 9.27. The van der Waals surface area contributed by atoms with E-state index in [0.717, 1.165) is 31.5 Å². The van der Waals surface area contributed by atoms with Crippen molar-refractivity contribution in [3.05, 3.63) is 35.4 Å². The Morgan fingerprint density at radius 1 is 1.28 bits per heavy atom. The lowest BCUT2D eigenvalue weighted by atomic mass is 9.78. The van der Waals surface area contributed by atoms with Crippen molar-refractivity contribution in [2.24, 2.45) is 0 Å². The molecular formula is C20H30N2O3. The number of benzene rings is 1. The van der Waals surface area contributed by atoms with Crippen molar-refractivity contribution in [3.63, 3.8) is 0 Å². The number of aryl methyl sites for hydroxylation is 1. The third-order valence-corrected chi connectivity index (χ3v) is 5.62. The van der Waals surface area contributed by atoms with Crippen LogP contribution in [0.2, 0.25) is 0 Å². The fourth-order valence-electron chi connectivity index (χ4n) is 4.02. The molecule has 0 aromatic heterocycles. The fourth-order valence-corrected chi connectivity index (χ4v) is 4.02. The third-order valence-electron chi connectivity index (χ3n) is 5.62. The van der Waals surface area contributed by atoms with Gasteiger partial charge >= 0.3 is 0 Å². The van der Waals surface area contributed by atoms with Crippen LogP contribution in [-0.2, 0) is 16.1 Å². The Balaban J connectivity index is 1.44. The minimum absolute atomic E-state index is 0.0655. The van der Waals surface area contributed by atoms with E-state index in [4.69, 9.17) is 4.74 Å². The summed E-state index contributed by atoms with van der Waals surface area (Å²) in [6.07, 6.45) is 3.18. The van der Waals surface area contributed by atoms with Crippen molar-refractivity contribution in [1.29, 1.82) is 0 Å². The van der Waals surface area contributed by atoms with Crippen LogP contribution in [-0.4, -0.2) is 53.4 Å². The number of nitrogens with one attached hydrogen (secondary N) is 1. The molecule has 1 atom stereocenters. The predicted octanol–water partition coefficient (Wildman–Crippen LogP) is 2.01. The largest absolute Gasteiger partial charge is 0.390 e.